The van der Waals surface area contributed by atoms with Crippen LogP contribution in [0.4, 0.5) is 4.39 Å². The number of aromatic nitrogens is 5. The van der Waals surface area contributed by atoms with Crippen LogP contribution in [0.15, 0.2) is 30.9 Å². The first kappa shape index (κ1) is 11.3. The molecule has 1 N–H and O–H groups in total. The number of hydrogen-bond acceptors (Lipinski definition) is 4. The van der Waals surface area contributed by atoms with Crippen molar-refractivity contribution in [3.05, 3.63) is 48.1 Å². The van der Waals surface area contributed by atoms with Gasteiger partial charge < -0.3 is 9.67 Å². The minimum Gasteiger partial charge on any atom is -0.390 e. The Morgan fingerprint density at radius 1 is 1.30 bits per heavy atom. The van der Waals surface area contributed by atoms with E-state index in [1.165, 1.54) is 18.5 Å². The molecule has 0 spiro atoms. The molecule has 0 bridgehead atoms. The Labute approximate surface area is 113 Å². The first-order valence-electron chi connectivity index (χ1n) is 6.12. The maximum absolute atomic E-state index is 13.6. The zero-order valence-electron chi connectivity index (χ0n) is 10.4. The molecule has 0 saturated heterocycles. The zero-order chi connectivity index (χ0) is 13.7. The van der Waals surface area contributed by atoms with Crippen LogP contribution in [0.25, 0.3) is 17.1 Å². The smallest absolute Gasteiger partial charge is 0.160 e. The number of rotatable bonds is 1. The van der Waals surface area contributed by atoms with Gasteiger partial charge in [0.05, 0.1) is 36.6 Å². The largest absolute Gasteiger partial charge is 0.390 e. The Morgan fingerprint density at radius 2 is 2.20 bits per heavy atom. The summed E-state index contributed by atoms with van der Waals surface area (Å²) >= 11 is 0. The van der Waals surface area contributed by atoms with Crippen LogP contribution in [0, 0.1) is 5.82 Å². The van der Waals surface area contributed by atoms with Crippen LogP contribution in [0.5, 0.6) is 0 Å². The number of hydrogen-bond donors (Lipinski definition) is 1. The minimum atomic E-state index is -0.329. The van der Waals surface area contributed by atoms with Gasteiger partial charge in [-0.25, -0.2) is 19.0 Å². The minimum absolute atomic E-state index is 0.150. The van der Waals surface area contributed by atoms with E-state index >= 15 is 0 Å². The van der Waals surface area contributed by atoms with E-state index in [1.807, 2.05) is 4.57 Å². The van der Waals surface area contributed by atoms with E-state index in [0.717, 1.165) is 11.4 Å². The zero-order valence-corrected chi connectivity index (χ0v) is 10.4. The summed E-state index contributed by atoms with van der Waals surface area (Å²) in [5, 5.41) is 13.5. The average Bonchev–Trinajstić information content (AvgIpc) is 3.04. The number of benzene rings is 1. The second-order valence-electron chi connectivity index (χ2n) is 4.57. The fraction of sp³-hybridized carbons (Fsp3) is 0.154. The molecular weight excluding hydrogens is 261 g/mol. The van der Waals surface area contributed by atoms with E-state index in [4.69, 9.17) is 0 Å². The lowest BCUT2D eigenvalue weighted by atomic mass is 10.1. The Balaban J connectivity index is 2.09. The molecule has 0 atom stereocenters. The van der Waals surface area contributed by atoms with E-state index < -0.39 is 0 Å². The van der Waals surface area contributed by atoms with Crippen molar-refractivity contribution >= 4 is 0 Å². The quantitative estimate of drug-likeness (QED) is 0.563. The molecule has 2 aromatic heterocycles. The molecule has 20 heavy (non-hydrogen) atoms. The third-order valence-corrected chi connectivity index (χ3v) is 3.48. The van der Waals surface area contributed by atoms with E-state index in [9.17, 15) is 9.50 Å². The number of nitrogens with zero attached hydrogens (tertiary/aromatic N) is 5. The van der Waals surface area contributed by atoms with E-state index in [1.54, 1.807) is 17.1 Å². The molecule has 0 unspecified atom stereocenters. The summed E-state index contributed by atoms with van der Waals surface area (Å²) in [7, 11) is 0. The fourth-order valence-electron chi connectivity index (χ4n) is 2.55. The van der Waals surface area contributed by atoms with Gasteiger partial charge in [0.2, 0.25) is 0 Å². The van der Waals surface area contributed by atoms with Crippen molar-refractivity contribution in [2.75, 3.05) is 0 Å². The molecule has 0 amide bonds. The van der Waals surface area contributed by atoms with Gasteiger partial charge in [0.1, 0.15) is 12.1 Å². The molecule has 7 heteroatoms. The highest BCUT2D eigenvalue weighted by Gasteiger charge is 2.23. The third-order valence-electron chi connectivity index (χ3n) is 3.48. The van der Waals surface area contributed by atoms with Gasteiger partial charge in [-0.2, -0.15) is 5.10 Å². The number of fused-ring (bicyclic) bond motifs is 5. The molecule has 0 radical (unpaired) electrons. The lowest BCUT2D eigenvalue weighted by molar-refractivity contribution is 0.275. The summed E-state index contributed by atoms with van der Waals surface area (Å²) in [5.41, 5.74) is 2.84. The number of aliphatic hydroxyl groups is 1. The lowest BCUT2D eigenvalue weighted by Gasteiger charge is -2.08. The second-order valence-corrected chi connectivity index (χ2v) is 4.57. The molecule has 3 aromatic rings. The van der Waals surface area contributed by atoms with Crippen molar-refractivity contribution in [2.45, 2.75) is 13.2 Å². The Morgan fingerprint density at radius 3 is 3.05 bits per heavy atom. The molecule has 0 saturated carbocycles. The van der Waals surface area contributed by atoms with Gasteiger partial charge in [0, 0.05) is 5.56 Å². The van der Waals surface area contributed by atoms with Gasteiger partial charge in [0.15, 0.2) is 5.82 Å². The molecule has 1 aromatic carbocycles. The summed E-state index contributed by atoms with van der Waals surface area (Å²) in [5.74, 6) is 0.274. The van der Waals surface area contributed by atoms with Crippen molar-refractivity contribution in [1.82, 2.24) is 24.3 Å². The summed E-state index contributed by atoms with van der Waals surface area (Å²) in [6.45, 7) is 0.282. The SMILES string of the molecule is OCc1ncn2c1Cn1ncnc1-c1cc(F)ccc1-2. The monoisotopic (exact) mass is 271 g/mol. The van der Waals surface area contributed by atoms with Crippen LogP contribution in [-0.4, -0.2) is 29.4 Å². The van der Waals surface area contributed by atoms with Gasteiger partial charge in [-0.1, -0.05) is 0 Å². The molecule has 4 rings (SSSR count). The standard InChI is InChI=1S/C13H10FN5O/c14-8-1-2-11-9(3-8)13-15-6-17-19(13)4-12-10(5-20)16-7-18(11)12/h1-3,6-7,20H,4-5H2. The highest BCUT2D eigenvalue weighted by molar-refractivity contribution is 5.69. The summed E-state index contributed by atoms with van der Waals surface area (Å²) in [4.78, 5) is 8.40. The average molecular weight is 271 g/mol. The Hall–Kier alpha value is -2.54. The molecular formula is C13H10FN5O. The molecule has 0 fully saturated rings. The normalized spacial score (nSPS) is 12.5. The summed E-state index contributed by atoms with van der Waals surface area (Å²) < 4.78 is 17.1. The highest BCUT2D eigenvalue weighted by Crippen LogP contribution is 2.31. The predicted molar refractivity (Wildman–Crippen MR) is 67.6 cm³/mol. The first-order valence-corrected chi connectivity index (χ1v) is 6.12. The van der Waals surface area contributed by atoms with Gasteiger partial charge in [-0.3, -0.25) is 0 Å². The predicted octanol–water partition coefficient (Wildman–Crippen LogP) is 1.12. The van der Waals surface area contributed by atoms with Crippen molar-refractivity contribution < 1.29 is 9.50 Å². The second kappa shape index (κ2) is 3.97. The van der Waals surface area contributed by atoms with E-state index in [2.05, 4.69) is 15.1 Å². The Bertz CT molecular complexity index is 807. The van der Waals surface area contributed by atoms with Crippen LogP contribution in [0.3, 0.4) is 0 Å². The molecule has 6 nitrogen and oxygen atoms in total. The van der Waals surface area contributed by atoms with E-state index in [-0.39, 0.29) is 12.4 Å². The lowest BCUT2D eigenvalue weighted by Crippen LogP contribution is -2.06. The van der Waals surface area contributed by atoms with Crippen LogP contribution < -0.4 is 0 Å². The Kier molecular flexibility index (Phi) is 2.25. The molecule has 3 heterocycles. The van der Waals surface area contributed by atoms with Crippen molar-refractivity contribution in [3.63, 3.8) is 0 Å². The van der Waals surface area contributed by atoms with E-state index in [0.29, 0.717) is 23.6 Å². The molecule has 0 aliphatic carbocycles. The van der Waals surface area contributed by atoms with Gasteiger partial charge in [-0.05, 0) is 18.2 Å². The maximum Gasteiger partial charge on any atom is 0.160 e. The van der Waals surface area contributed by atoms with Crippen LogP contribution in [-0.2, 0) is 13.2 Å². The summed E-state index contributed by atoms with van der Waals surface area (Å²) in [6, 6.07) is 4.51. The van der Waals surface area contributed by atoms with Gasteiger partial charge in [0.25, 0.3) is 0 Å². The molecule has 1 aliphatic rings. The van der Waals surface area contributed by atoms with Crippen LogP contribution in [0.1, 0.15) is 11.4 Å². The summed E-state index contributed by atoms with van der Waals surface area (Å²) in [6.07, 6.45) is 3.07. The van der Waals surface area contributed by atoms with Crippen LogP contribution in [0.2, 0.25) is 0 Å². The highest BCUT2D eigenvalue weighted by atomic mass is 19.1. The van der Waals surface area contributed by atoms with Crippen molar-refractivity contribution in [2.24, 2.45) is 0 Å². The molecule has 100 valence electrons. The van der Waals surface area contributed by atoms with Crippen molar-refractivity contribution in [3.8, 4) is 17.1 Å². The van der Waals surface area contributed by atoms with Crippen molar-refractivity contribution in [1.29, 1.82) is 0 Å². The van der Waals surface area contributed by atoms with Gasteiger partial charge in [-0.15, -0.1) is 0 Å². The number of aliphatic hydroxyl groups excluding tert-OH is 1. The number of imidazole rings is 1. The number of halogens is 1. The van der Waals surface area contributed by atoms with Gasteiger partial charge >= 0.3 is 0 Å². The first-order chi connectivity index (χ1) is 9.78. The molecule has 1 aliphatic heterocycles. The fourth-order valence-corrected chi connectivity index (χ4v) is 2.55. The third kappa shape index (κ3) is 1.44. The maximum atomic E-state index is 13.6. The topological polar surface area (TPSA) is 68.8 Å². The van der Waals surface area contributed by atoms with Crippen LogP contribution >= 0.6 is 0 Å².